The second-order valence-electron chi connectivity index (χ2n) is 2.11. The van der Waals surface area contributed by atoms with Gasteiger partial charge in [-0.05, 0) is 19.1 Å². The molecule has 0 bridgehead atoms. The molecule has 0 aliphatic rings. The second-order valence-corrected chi connectivity index (χ2v) is 2.11. The molecular weight excluding hydrogens is 162 g/mol. The summed E-state index contributed by atoms with van der Waals surface area (Å²) in [6.45, 7) is 11.5. The minimum Gasteiger partial charge on any atom is -0.356 e. The number of hydrogen-bond acceptors (Lipinski definition) is 1. The van der Waals surface area contributed by atoms with Crippen LogP contribution in [0.15, 0.2) is 12.1 Å². The van der Waals surface area contributed by atoms with Gasteiger partial charge in [0.1, 0.15) is 0 Å². The number of hydrogen-bond donors (Lipinski definition) is 1. The van der Waals surface area contributed by atoms with Crippen LogP contribution in [0.5, 0.6) is 0 Å². The molecule has 0 saturated heterocycles. The first-order valence-corrected chi connectivity index (χ1v) is 4.86. The topological polar surface area (TPSA) is 32.9 Å². The highest BCUT2D eigenvalue weighted by Gasteiger charge is 1.97. The van der Waals surface area contributed by atoms with E-state index >= 15 is 0 Å². The molecule has 0 saturated carbocycles. The number of aromatic amines is 1. The Labute approximate surface area is 81.4 Å². The van der Waals surface area contributed by atoms with Gasteiger partial charge in [0.25, 0.3) is 0 Å². The van der Waals surface area contributed by atoms with Gasteiger partial charge in [-0.15, -0.1) is 0 Å². The largest absolute Gasteiger partial charge is 0.356 e. The van der Waals surface area contributed by atoms with Crippen molar-refractivity contribution in [3.05, 3.63) is 23.5 Å². The molecule has 0 atom stereocenters. The zero-order chi connectivity index (χ0) is 10.9. The lowest BCUT2D eigenvalue weighted by Crippen LogP contribution is -1.90. The van der Waals surface area contributed by atoms with Crippen LogP contribution in [-0.4, -0.2) is 10.8 Å². The smallest absolute Gasteiger partial charge is 0.175 e. The van der Waals surface area contributed by atoms with Crippen molar-refractivity contribution >= 4 is 5.78 Å². The normalized spacial score (nSPS) is 7.54. The Balaban J connectivity index is 0. The van der Waals surface area contributed by atoms with Crippen LogP contribution in [0.2, 0.25) is 0 Å². The van der Waals surface area contributed by atoms with Crippen LogP contribution in [0.4, 0.5) is 0 Å². The number of H-pyrrole nitrogens is 1. The third kappa shape index (κ3) is 6.14. The van der Waals surface area contributed by atoms with E-state index in [-0.39, 0.29) is 5.78 Å². The van der Waals surface area contributed by atoms with Crippen LogP contribution in [0.3, 0.4) is 0 Å². The quantitative estimate of drug-likeness (QED) is 0.663. The van der Waals surface area contributed by atoms with Crippen molar-refractivity contribution in [3.8, 4) is 0 Å². The van der Waals surface area contributed by atoms with Gasteiger partial charge in [0.05, 0.1) is 5.69 Å². The second kappa shape index (κ2) is 9.04. The average Bonchev–Trinajstić information content (AvgIpc) is 2.59. The molecule has 2 nitrogen and oxygen atoms in total. The van der Waals surface area contributed by atoms with Crippen molar-refractivity contribution < 1.29 is 4.79 Å². The van der Waals surface area contributed by atoms with Crippen LogP contribution < -0.4 is 0 Å². The van der Waals surface area contributed by atoms with E-state index in [1.165, 1.54) is 0 Å². The van der Waals surface area contributed by atoms with Gasteiger partial charge in [0.2, 0.25) is 0 Å². The van der Waals surface area contributed by atoms with Crippen molar-refractivity contribution in [2.75, 3.05) is 0 Å². The lowest BCUT2D eigenvalue weighted by Gasteiger charge is -1.84. The molecule has 1 rings (SSSR count). The Morgan fingerprint density at radius 1 is 1.15 bits per heavy atom. The first-order valence-electron chi connectivity index (χ1n) is 4.86. The summed E-state index contributed by atoms with van der Waals surface area (Å²) in [6, 6.07) is 3.68. The molecular formula is C11H21NO. The molecule has 76 valence electrons. The highest BCUT2D eigenvalue weighted by molar-refractivity contribution is 5.92. The van der Waals surface area contributed by atoms with Crippen molar-refractivity contribution in [1.29, 1.82) is 0 Å². The molecule has 0 fully saturated rings. The average molecular weight is 183 g/mol. The summed E-state index contributed by atoms with van der Waals surface area (Å²) in [7, 11) is 0. The summed E-state index contributed by atoms with van der Waals surface area (Å²) in [5, 5.41) is 0. The summed E-state index contributed by atoms with van der Waals surface area (Å²) in [5.74, 6) is 0.0862. The standard InChI is InChI=1S/C7H9NO.2C2H6/c1-5-3-4-7(8-5)6(2)9;2*1-2/h3-4,8H,1-2H3;2*1-2H3. The van der Waals surface area contributed by atoms with Gasteiger partial charge < -0.3 is 4.98 Å². The maximum absolute atomic E-state index is 10.6. The van der Waals surface area contributed by atoms with E-state index in [0.717, 1.165) is 5.69 Å². The third-order valence-corrected chi connectivity index (χ3v) is 1.21. The first kappa shape index (κ1) is 14.5. The Hall–Kier alpha value is -1.05. The summed E-state index contributed by atoms with van der Waals surface area (Å²) in [5.41, 5.74) is 1.72. The van der Waals surface area contributed by atoms with E-state index < -0.39 is 0 Å². The van der Waals surface area contributed by atoms with Crippen molar-refractivity contribution in [3.63, 3.8) is 0 Å². The molecule has 1 heterocycles. The highest BCUT2D eigenvalue weighted by Crippen LogP contribution is 1.99. The van der Waals surface area contributed by atoms with E-state index in [0.29, 0.717) is 5.69 Å². The SMILES string of the molecule is CC.CC.CC(=O)c1ccc(C)[nH]1. The van der Waals surface area contributed by atoms with E-state index in [2.05, 4.69) is 4.98 Å². The Morgan fingerprint density at radius 3 is 1.77 bits per heavy atom. The molecule has 0 amide bonds. The molecule has 0 spiro atoms. The number of Topliss-reactive ketones (excluding diaryl/α,β-unsaturated/α-hetero) is 1. The van der Waals surface area contributed by atoms with Gasteiger partial charge in [-0.2, -0.15) is 0 Å². The van der Waals surface area contributed by atoms with Gasteiger partial charge in [0.15, 0.2) is 5.78 Å². The third-order valence-electron chi connectivity index (χ3n) is 1.21. The zero-order valence-corrected chi connectivity index (χ0v) is 9.56. The molecule has 1 N–H and O–H groups in total. The molecule has 1 aromatic heterocycles. The lowest BCUT2D eigenvalue weighted by molar-refractivity contribution is 0.101. The van der Waals surface area contributed by atoms with Gasteiger partial charge in [-0.3, -0.25) is 4.79 Å². The summed E-state index contributed by atoms with van der Waals surface area (Å²) in [4.78, 5) is 13.6. The minimum absolute atomic E-state index is 0.0862. The Bertz CT molecular complexity index is 226. The lowest BCUT2D eigenvalue weighted by atomic mass is 10.3. The molecule has 13 heavy (non-hydrogen) atoms. The number of nitrogens with one attached hydrogen (secondary N) is 1. The van der Waals surface area contributed by atoms with Gasteiger partial charge in [-0.1, -0.05) is 27.7 Å². The minimum atomic E-state index is 0.0862. The number of aromatic nitrogens is 1. The predicted octanol–water partition coefficient (Wildman–Crippen LogP) is 3.58. The maximum Gasteiger partial charge on any atom is 0.175 e. The number of carbonyl (C=O) groups is 1. The van der Waals surface area contributed by atoms with Gasteiger partial charge >= 0.3 is 0 Å². The van der Waals surface area contributed by atoms with Crippen LogP contribution in [0.25, 0.3) is 0 Å². The molecule has 0 aliphatic carbocycles. The number of rotatable bonds is 1. The van der Waals surface area contributed by atoms with Crippen LogP contribution in [0, 0.1) is 6.92 Å². The van der Waals surface area contributed by atoms with Crippen molar-refractivity contribution in [1.82, 2.24) is 4.98 Å². The van der Waals surface area contributed by atoms with Crippen molar-refractivity contribution in [2.45, 2.75) is 41.5 Å². The van der Waals surface area contributed by atoms with E-state index in [4.69, 9.17) is 0 Å². The molecule has 0 radical (unpaired) electrons. The Kier molecular flexibility index (Phi) is 10.1. The zero-order valence-electron chi connectivity index (χ0n) is 9.56. The maximum atomic E-state index is 10.6. The molecule has 0 unspecified atom stereocenters. The van der Waals surface area contributed by atoms with Gasteiger partial charge in [0, 0.05) is 12.6 Å². The fraction of sp³-hybridized carbons (Fsp3) is 0.545. The summed E-state index contributed by atoms with van der Waals surface area (Å²) in [6.07, 6.45) is 0. The van der Waals surface area contributed by atoms with Gasteiger partial charge in [-0.25, -0.2) is 0 Å². The molecule has 0 aromatic carbocycles. The molecule has 0 aliphatic heterocycles. The predicted molar refractivity (Wildman–Crippen MR) is 58.2 cm³/mol. The summed E-state index contributed by atoms with van der Waals surface area (Å²) < 4.78 is 0. The van der Waals surface area contributed by atoms with Crippen LogP contribution >= 0.6 is 0 Å². The number of ketones is 1. The van der Waals surface area contributed by atoms with Crippen LogP contribution in [-0.2, 0) is 0 Å². The van der Waals surface area contributed by atoms with Crippen LogP contribution in [0.1, 0.15) is 50.8 Å². The highest BCUT2D eigenvalue weighted by atomic mass is 16.1. The fourth-order valence-electron chi connectivity index (χ4n) is 0.709. The monoisotopic (exact) mass is 183 g/mol. The fourth-order valence-corrected chi connectivity index (χ4v) is 0.709. The number of carbonyl (C=O) groups excluding carboxylic acids is 1. The first-order chi connectivity index (χ1) is 6.20. The summed E-state index contributed by atoms with van der Waals surface area (Å²) >= 11 is 0. The van der Waals surface area contributed by atoms with Crippen molar-refractivity contribution in [2.24, 2.45) is 0 Å². The molecule has 1 aromatic rings. The van der Waals surface area contributed by atoms with E-state index in [1.54, 1.807) is 13.0 Å². The Morgan fingerprint density at radius 2 is 1.62 bits per heavy atom. The van der Waals surface area contributed by atoms with E-state index in [1.807, 2.05) is 40.7 Å². The molecule has 2 heteroatoms. The number of aryl methyl sites for hydroxylation is 1. The van der Waals surface area contributed by atoms with E-state index in [9.17, 15) is 4.79 Å².